The van der Waals surface area contributed by atoms with Crippen LogP contribution in [0.15, 0.2) is 18.2 Å². The maximum atomic E-state index is 12.6. The fraction of sp³-hybridized carbons (Fsp3) is 0.400. The quantitative estimate of drug-likeness (QED) is 0.577. The Morgan fingerprint density at radius 2 is 1.68 bits per heavy atom. The average molecular weight is 307 g/mol. The van der Waals surface area contributed by atoms with Crippen molar-refractivity contribution in [3.8, 4) is 11.5 Å². The summed E-state index contributed by atoms with van der Waals surface area (Å²) in [6.45, 7) is 0. The van der Waals surface area contributed by atoms with E-state index >= 15 is 0 Å². The van der Waals surface area contributed by atoms with Crippen LogP contribution >= 0.6 is 11.6 Å². The van der Waals surface area contributed by atoms with Crippen molar-refractivity contribution in [3.05, 3.63) is 23.8 Å². The summed E-state index contributed by atoms with van der Waals surface area (Å²) < 4.78 is 84.1. The zero-order valence-electron chi connectivity index (χ0n) is 8.85. The van der Waals surface area contributed by atoms with E-state index in [0.29, 0.717) is 6.07 Å². The van der Waals surface area contributed by atoms with Crippen LogP contribution in [0.2, 0.25) is 0 Å². The largest absolute Gasteiger partial charge is 0.449 e. The number of halogens is 7. The molecule has 0 saturated heterocycles. The third-order valence-corrected chi connectivity index (χ3v) is 2.77. The minimum Gasteiger partial charge on any atom is -0.449 e. The number of benzene rings is 1. The van der Waals surface area contributed by atoms with Crippen molar-refractivity contribution in [2.75, 3.05) is 0 Å². The molecular weight excluding hydrogens is 302 g/mol. The summed E-state index contributed by atoms with van der Waals surface area (Å²) in [5.41, 5.74) is -1.21. The standard InChI is InChI=1S/C10H5ClF6O2/c11-7(10(15,16)17)8-18-5-3-1-2-4(6(5)19-8)9(12,13)14/h1-3,7-8H. The fourth-order valence-corrected chi connectivity index (χ4v) is 1.60. The van der Waals surface area contributed by atoms with Gasteiger partial charge in [-0.05, 0) is 12.1 Å². The Labute approximate surface area is 107 Å². The van der Waals surface area contributed by atoms with E-state index in [4.69, 9.17) is 11.6 Å². The van der Waals surface area contributed by atoms with Crippen molar-refractivity contribution < 1.29 is 35.8 Å². The van der Waals surface area contributed by atoms with E-state index in [1.165, 1.54) is 0 Å². The van der Waals surface area contributed by atoms with Gasteiger partial charge < -0.3 is 9.47 Å². The lowest BCUT2D eigenvalue weighted by atomic mass is 10.2. The number of rotatable bonds is 1. The summed E-state index contributed by atoms with van der Waals surface area (Å²) >= 11 is 5.06. The predicted molar refractivity (Wildman–Crippen MR) is 52.2 cm³/mol. The maximum absolute atomic E-state index is 12.6. The number of hydrogen-bond acceptors (Lipinski definition) is 2. The number of hydrogen-bond donors (Lipinski definition) is 0. The molecule has 0 N–H and O–H groups in total. The first-order chi connectivity index (χ1) is 8.60. The second kappa shape index (κ2) is 4.36. The maximum Gasteiger partial charge on any atom is 0.420 e. The van der Waals surface area contributed by atoms with Crippen molar-refractivity contribution in [1.29, 1.82) is 0 Å². The van der Waals surface area contributed by atoms with Crippen LogP contribution in [0.4, 0.5) is 26.3 Å². The number of ether oxygens (including phenoxy) is 2. The predicted octanol–water partition coefficient (Wildman–Crippen LogP) is 3.97. The van der Waals surface area contributed by atoms with E-state index in [1.807, 2.05) is 0 Å². The van der Waals surface area contributed by atoms with Crippen LogP contribution < -0.4 is 9.47 Å². The first-order valence-electron chi connectivity index (χ1n) is 4.85. The monoisotopic (exact) mass is 306 g/mol. The molecule has 1 aromatic carbocycles. The molecule has 1 heterocycles. The molecular formula is C10H5ClF6O2. The molecule has 0 aromatic heterocycles. The van der Waals surface area contributed by atoms with Crippen LogP contribution in [0.25, 0.3) is 0 Å². The fourth-order valence-electron chi connectivity index (χ4n) is 1.49. The smallest absolute Gasteiger partial charge is 0.420 e. The minimum absolute atomic E-state index is 0.422. The van der Waals surface area contributed by atoms with Gasteiger partial charge in [-0.1, -0.05) is 6.07 Å². The molecule has 0 amide bonds. The van der Waals surface area contributed by atoms with Gasteiger partial charge in [-0.25, -0.2) is 0 Å². The van der Waals surface area contributed by atoms with Crippen molar-refractivity contribution in [1.82, 2.24) is 0 Å². The Bertz CT molecular complexity index is 484. The number of fused-ring (bicyclic) bond motifs is 1. The number of alkyl halides is 7. The lowest BCUT2D eigenvalue weighted by molar-refractivity contribution is -0.165. The molecule has 106 valence electrons. The van der Waals surface area contributed by atoms with Crippen molar-refractivity contribution in [2.24, 2.45) is 0 Å². The normalized spacial score (nSPS) is 20.5. The lowest BCUT2D eigenvalue weighted by Gasteiger charge is -2.19. The lowest BCUT2D eigenvalue weighted by Crippen LogP contribution is -2.40. The van der Waals surface area contributed by atoms with Crippen molar-refractivity contribution in [2.45, 2.75) is 24.0 Å². The van der Waals surface area contributed by atoms with Crippen LogP contribution in [0.1, 0.15) is 5.56 Å². The molecule has 0 bridgehead atoms. The molecule has 2 unspecified atom stereocenters. The van der Waals surface area contributed by atoms with E-state index in [1.54, 1.807) is 0 Å². The van der Waals surface area contributed by atoms with Gasteiger partial charge in [0.25, 0.3) is 6.29 Å². The summed E-state index contributed by atoms with van der Waals surface area (Å²) in [6.07, 6.45) is -11.7. The van der Waals surface area contributed by atoms with E-state index in [-0.39, 0.29) is 0 Å². The van der Waals surface area contributed by atoms with E-state index in [2.05, 4.69) is 9.47 Å². The summed E-state index contributed by atoms with van der Waals surface area (Å²) in [5.74, 6) is -1.20. The van der Waals surface area contributed by atoms with Gasteiger partial charge >= 0.3 is 12.4 Å². The van der Waals surface area contributed by atoms with Crippen molar-refractivity contribution in [3.63, 3.8) is 0 Å². The first-order valence-corrected chi connectivity index (χ1v) is 5.28. The first kappa shape index (κ1) is 14.1. The molecule has 1 aliphatic rings. The Hall–Kier alpha value is -1.31. The second-order valence-corrected chi connectivity index (χ2v) is 4.15. The van der Waals surface area contributed by atoms with Crippen molar-refractivity contribution >= 4 is 11.6 Å². The topological polar surface area (TPSA) is 18.5 Å². The van der Waals surface area contributed by atoms with Crippen LogP contribution in [-0.2, 0) is 6.18 Å². The molecule has 19 heavy (non-hydrogen) atoms. The molecule has 0 fully saturated rings. The molecule has 1 aromatic rings. The van der Waals surface area contributed by atoms with Crippen LogP contribution in [0, 0.1) is 0 Å². The Morgan fingerprint density at radius 1 is 1.05 bits per heavy atom. The van der Waals surface area contributed by atoms with Gasteiger partial charge in [0, 0.05) is 0 Å². The molecule has 2 atom stereocenters. The molecule has 0 aliphatic carbocycles. The minimum atomic E-state index is -4.85. The molecule has 2 rings (SSSR count). The van der Waals surface area contributed by atoms with Gasteiger partial charge in [-0.3, -0.25) is 0 Å². The van der Waals surface area contributed by atoms with Gasteiger partial charge in [-0.15, -0.1) is 11.6 Å². The van der Waals surface area contributed by atoms with E-state index < -0.39 is 41.1 Å². The summed E-state index contributed by atoms with van der Waals surface area (Å²) in [5, 5.41) is -2.57. The van der Waals surface area contributed by atoms with Gasteiger partial charge in [0.1, 0.15) is 5.56 Å². The molecule has 9 heteroatoms. The van der Waals surface area contributed by atoms with E-state index in [9.17, 15) is 26.3 Å². The summed E-state index contributed by atoms with van der Waals surface area (Å²) in [4.78, 5) is 0. The highest BCUT2D eigenvalue weighted by molar-refractivity contribution is 6.21. The Balaban J connectivity index is 2.31. The molecule has 2 nitrogen and oxygen atoms in total. The van der Waals surface area contributed by atoms with Gasteiger partial charge in [-0.2, -0.15) is 26.3 Å². The molecule has 0 radical (unpaired) electrons. The highest BCUT2D eigenvalue weighted by atomic mass is 35.5. The Kier molecular flexibility index (Phi) is 3.24. The molecule has 0 saturated carbocycles. The summed E-state index contributed by atoms with van der Waals surface area (Å²) in [6, 6.07) is 2.76. The third kappa shape index (κ3) is 2.68. The molecule has 1 aliphatic heterocycles. The zero-order chi connectivity index (χ0) is 14.4. The SMILES string of the molecule is FC(F)(F)c1cccc2c1OC(C(Cl)C(F)(F)F)O2. The van der Waals surface area contributed by atoms with Gasteiger partial charge in [0.2, 0.25) is 5.38 Å². The Morgan fingerprint density at radius 3 is 2.21 bits per heavy atom. The van der Waals surface area contributed by atoms with Gasteiger partial charge in [0.05, 0.1) is 0 Å². The van der Waals surface area contributed by atoms with Crippen LogP contribution in [0.5, 0.6) is 11.5 Å². The zero-order valence-corrected chi connectivity index (χ0v) is 9.60. The van der Waals surface area contributed by atoms with Crippen LogP contribution in [0.3, 0.4) is 0 Å². The van der Waals surface area contributed by atoms with Crippen LogP contribution in [-0.4, -0.2) is 17.8 Å². The van der Waals surface area contributed by atoms with E-state index in [0.717, 1.165) is 12.1 Å². The highest BCUT2D eigenvalue weighted by Crippen LogP contribution is 2.47. The second-order valence-electron chi connectivity index (χ2n) is 3.68. The third-order valence-electron chi connectivity index (χ3n) is 2.31. The average Bonchev–Trinajstić information content (AvgIpc) is 2.67. The van der Waals surface area contributed by atoms with Gasteiger partial charge in [0.15, 0.2) is 11.5 Å². The molecule has 0 spiro atoms. The summed E-state index contributed by atoms with van der Waals surface area (Å²) in [7, 11) is 0. The highest BCUT2D eigenvalue weighted by Gasteiger charge is 2.50. The number of para-hydroxylation sites is 1.